The van der Waals surface area contributed by atoms with Gasteiger partial charge in [0.2, 0.25) is 0 Å². The Morgan fingerprint density at radius 2 is 1.65 bits per heavy atom. The molecule has 0 saturated carbocycles. The minimum absolute atomic E-state index is 0.145. The van der Waals surface area contributed by atoms with Gasteiger partial charge in [0, 0.05) is 45.2 Å². The van der Waals surface area contributed by atoms with E-state index >= 15 is 0 Å². The van der Waals surface area contributed by atoms with Gasteiger partial charge in [0.15, 0.2) is 0 Å². The molecule has 2 aliphatic heterocycles. The van der Waals surface area contributed by atoms with Crippen LogP contribution in [0.25, 0.3) is 0 Å². The largest absolute Gasteiger partial charge is 0.301 e. The summed E-state index contributed by atoms with van der Waals surface area (Å²) < 4.78 is 11.7. The van der Waals surface area contributed by atoms with Gasteiger partial charge in [-0.3, -0.25) is 14.6 Å². The predicted molar refractivity (Wildman–Crippen MR) is 88.9 cm³/mol. The van der Waals surface area contributed by atoms with Crippen LogP contribution in [0.1, 0.15) is 26.7 Å². The summed E-state index contributed by atoms with van der Waals surface area (Å²) in [6.07, 6.45) is 2.39. The maximum absolute atomic E-state index is 11.8. The quantitative estimate of drug-likeness (QED) is 0.673. The lowest BCUT2D eigenvalue weighted by atomic mass is 9.95. The molecule has 2 rings (SSSR count). The van der Waals surface area contributed by atoms with Crippen molar-refractivity contribution in [1.29, 1.82) is 0 Å². The molecule has 2 saturated heterocycles. The third-order valence-electron chi connectivity index (χ3n) is 5.20. The van der Waals surface area contributed by atoms with E-state index in [0.717, 1.165) is 45.2 Å². The molecule has 2 aliphatic rings. The van der Waals surface area contributed by atoms with Crippen LogP contribution < -0.4 is 0 Å². The van der Waals surface area contributed by atoms with Crippen LogP contribution in [0.5, 0.6) is 0 Å². The SMILES string of the molecule is CC(C)C(=O)CN1CCC(CN2CCN(CCOF)CC2)CC1. The number of piperidine rings is 1. The summed E-state index contributed by atoms with van der Waals surface area (Å²) >= 11 is 0. The van der Waals surface area contributed by atoms with Crippen molar-refractivity contribution < 1.29 is 14.3 Å². The fourth-order valence-electron chi connectivity index (χ4n) is 3.45. The molecule has 0 atom stereocenters. The first-order valence-corrected chi connectivity index (χ1v) is 9.01. The monoisotopic (exact) mass is 329 g/mol. The molecule has 6 heteroatoms. The van der Waals surface area contributed by atoms with Crippen molar-refractivity contribution in [3.63, 3.8) is 0 Å². The smallest absolute Gasteiger partial charge is 0.149 e. The molecule has 0 spiro atoms. The van der Waals surface area contributed by atoms with Crippen LogP contribution >= 0.6 is 0 Å². The van der Waals surface area contributed by atoms with Crippen molar-refractivity contribution in [2.24, 2.45) is 11.8 Å². The Balaban J connectivity index is 1.61. The molecule has 0 unspecified atom stereocenters. The van der Waals surface area contributed by atoms with Gasteiger partial charge >= 0.3 is 0 Å². The number of nitrogens with zero attached hydrogens (tertiary/aromatic N) is 3. The van der Waals surface area contributed by atoms with Crippen molar-refractivity contribution >= 4 is 5.78 Å². The molecule has 0 radical (unpaired) electrons. The molecule has 23 heavy (non-hydrogen) atoms. The Morgan fingerprint density at radius 1 is 1.04 bits per heavy atom. The van der Waals surface area contributed by atoms with E-state index in [1.807, 2.05) is 13.8 Å². The molecular formula is C17H32FN3O2. The standard InChI is InChI=1S/C17H32FN3O2/c1-15(2)17(22)14-20-5-3-16(4-6-20)13-21-9-7-19(8-10-21)11-12-23-18/h15-16H,3-14H2,1-2H3. The molecule has 0 aromatic heterocycles. The Hall–Kier alpha value is -0.560. The van der Waals surface area contributed by atoms with Gasteiger partial charge in [-0.2, -0.15) is 4.94 Å². The molecule has 0 aromatic rings. The maximum atomic E-state index is 11.8. The average molecular weight is 329 g/mol. The number of rotatable bonds is 8. The van der Waals surface area contributed by atoms with E-state index in [9.17, 15) is 9.32 Å². The number of Topliss-reactive ketones (excluding diaryl/α,β-unsaturated/α-hetero) is 1. The van der Waals surface area contributed by atoms with Gasteiger partial charge in [-0.05, 0) is 36.4 Å². The molecule has 5 nitrogen and oxygen atoms in total. The van der Waals surface area contributed by atoms with Gasteiger partial charge in [-0.25, -0.2) is 0 Å². The zero-order chi connectivity index (χ0) is 16.7. The summed E-state index contributed by atoms with van der Waals surface area (Å²) in [4.78, 5) is 22.6. The lowest BCUT2D eigenvalue weighted by Crippen LogP contribution is -2.49. The number of halogens is 1. The van der Waals surface area contributed by atoms with E-state index in [0.29, 0.717) is 18.9 Å². The first kappa shape index (κ1) is 18.8. The van der Waals surface area contributed by atoms with Gasteiger partial charge in [-0.1, -0.05) is 13.8 Å². The van der Waals surface area contributed by atoms with Crippen LogP contribution in [-0.2, 0) is 9.74 Å². The van der Waals surface area contributed by atoms with Gasteiger partial charge in [0.05, 0.1) is 6.54 Å². The fraction of sp³-hybridized carbons (Fsp3) is 0.941. The first-order chi connectivity index (χ1) is 11.1. The summed E-state index contributed by atoms with van der Waals surface area (Å²) in [7, 11) is 0. The highest BCUT2D eigenvalue weighted by molar-refractivity contribution is 5.82. The van der Waals surface area contributed by atoms with E-state index in [4.69, 9.17) is 0 Å². The van der Waals surface area contributed by atoms with Crippen LogP contribution in [-0.4, -0.2) is 86.0 Å². The third kappa shape index (κ3) is 6.45. The topological polar surface area (TPSA) is 36.0 Å². The molecule has 2 fully saturated rings. The second-order valence-electron chi connectivity index (χ2n) is 7.30. The van der Waals surface area contributed by atoms with E-state index in [2.05, 4.69) is 19.6 Å². The molecule has 2 heterocycles. The molecule has 0 aromatic carbocycles. The number of likely N-dealkylation sites (tertiary alicyclic amines) is 1. The van der Waals surface area contributed by atoms with Gasteiger partial charge in [0.1, 0.15) is 12.4 Å². The Kier molecular flexibility index (Phi) is 7.89. The molecular weight excluding hydrogens is 297 g/mol. The van der Waals surface area contributed by atoms with E-state index in [-0.39, 0.29) is 12.5 Å². The van der Waals surface area contributed by atoms with Gasteiger partial charge in [0.25, 0.3) is 0 Å². The number of carbonyl (C=O) groups excluding carboxylic acids is 1. The number of hydrogen-bond acceptors (Lipinski definition) is 5. The van der Waals surface area contributed by atoms with Crippen LogP contribution in [0.4, 0.5) is 4.53 Å². The Labute approximate surface area is 139 Å². The van der Waals surface area contributed by atoms with Crippen molar-refractivity contribution in [3.05, 3.63) is 0 Å². The molecule has 0 N–H and O–H groups in total. The number of hydrogen-bond donors (Lipinski definition) is 0. The van der Waals surface area contributed by atoms with Crippen LogP contribution in [0.2, 0.25) is 0 Å². The second-order valence-corrected chi connectivity index (χ2v) is 7.30. The summed E-state index contributed by atoms with van der Waals surface area (Å²) in [6.45, 7) is 12.9. The normalized spacial score (nSPS) is 22.8. The molecule has 0 aliphatic carbocycles. The Bertz CT molecular complexity index is 352. The highest BCUT2D eigenvalue weighted by atomic mass is 19.3. The second kappa shape index (κ2) is 9.67. The minimum Gasteiger partial charge on any atom is -0.301 e. The van der Waals surface area contributed by atoms with Gasteiger partial charge in [-0.15, -0.1) is 0 Å². The summed E-state index contributed by atoms with van der Waals surface area (Å²) in [5, 5.41) is 0. The minimum atomic E-state index is 0.145. The lowest BCUT2D eigenvalue weighted by molar-refractivity contribution is -0.137. The van der Waals surface area contributed by atoms with Gasteiger partial charge < -0.3 is 4.90 Å². The fourth-order valence-corrected chi connectivity index (χ4v) is 3.45. The van der Waals surface area contributed by atoms with Crippen molar-refractivity contribution in [2.75, 3.05) is 65.5 Å². The van der Waals surface area contributed by atoms with Crippen molar-refractivity contribution in [1.82, 2.24) is 14.7 Å². The van der Waals surface area contributed by atoms with E-state index < -0.39 is 0 Å². The third-order valence-corrected chi connectivity index (χ3v) is 5.20. The van der Waals surface area contributed by atoms with Crippen LogP contribution in [0, 0.1) is 11.8 Å². The zero-order valence-corrected chi connectivity index (χ0v) is 14.7. The van der Waals surface area contributed by atoms with Crippen LogP contribution in [0.15, 0.2) is 0 Å². The predicted octanol–water partition coefficient (Wildman–Crippen LogP) is 1.44. The molecule has 0 bridgehead atoms. The average Bonchev–Trinajstić information content (AvgIpc) is 2.56. The maximum Gasteiger partial charge on any atom is 0.149 e. The van der Waals surface area contributed by atoms with E-state index in [1.54, 1.807) is 0 Å². The lowest BCUT2D eigenvalue weighted by Gasteiger charge is -2.38. The highest BCUT2D eigenvalue weighted by Crippen LogP contribution is 2.19. The van der Waals surface area contributed by atoms with Crippen molar-refractivity contribution in [3.8, 4) is 0 Å². The number of carbonyl (C=O) groups is 1. The summed E-state index contributed by atoms with van der Waals surface area (Å²) in [6, 6.07) is 0. The zero-order valence-electron chi connectivity index (χ0n) is 14.7. The number of piperazine rings is 1. The van der Waals surface area contributed by atoms with Crippen LogP contribution in [0.3, 0.4) is 0 Å². The first-order valence-electron chi connectivity index (χ1n) is 9.01. The number of ketones is 1. The highest BCUT2D eigenvalue weighted by Gasteiger charge is 2.25. The molecule has 0 amide bonds. The van der Waals surface area contributed by atoms with Crippen molar-refractivity contribution in [2.45, 2.75) is 26.7 Å². The summed E-state index contributed by atoms with van der Waals surface area (Å²) in [5.74, 6) is 1.25. The summed E-state index contributed by atoms with van der Waals surface area (Å²) in [5.41, 5.74) is 0. The molecule has 134 valence electrons. The Morgan fingerprint density at radius 3 is 2.22 bits per heavy atom. The van der Waals surface area contributed by atoms with E-state index in [1.165, 1.54) is 19.4 Å².